The molecule has 0 bridgehead atoms. The summed E-state index contributed by atoms with van der Waals surface area (Å²) in [4.78, 5) is 4.40. The molecule has 0 aliphatic heterocycles. The summed E-state index contributed by atoms with van der Waals surface area (Å²) in [6, 6.07) is 7.54. The summed E-state index contributed by atoms with van der Waals surface area (Å²) < 4.78 is 0. The van der Waals surface area contributed by atoms with Gasteiger partial charge in [0.05, 0.1) is 5.38 Å². The zero-order valence-corrected chi connectivity index (χ0v) is 11.4. The number of benzene rings is 1. The molecule has 1 saturated carbocycles. The summed E-state index contributed by atoms with van der Waals surface area (Å²) in [5.74, 6) is 1.07. The highest BCUT2D eigenvalue weighted by Gasteiger charge is 2.23. The van der Waals surface area contributed by atoms with Gasteiger partial charge >= 0.3 is 0 Å². The van der Waals surface area contributed by atoms with Crippen molar-refractivity contribution < 1.29 is 5.11 Å². The number of fused-ring (bicyclic) bond motifs is 1. The van der Waals surface area contributed by atoms with E-state index < -0.39 is 0 Å². The largest absolute Gasteiger partial charge is 0.508 e. The molecule has 0 saturated heterocycles. The second-order valence-corrected chi connectivity index (χ2v) is 5.68. The van der Waals surface area contributed by atoms with Crippen LogP contribution in [-0.4, -0.2) is 21.5 Å². The Morgan fingerprint density at radius 1 is 1.21 bits per heavy atom. The van der Waals surface area contributed by atoms with E-state index in [4.69, 9.17) is 11.6 Å². The summed E-state index contributed by atoms with van der Waals surface area (Å²) in [6.45, 7) is 0. The third-order valence-corrected chi connectivity index (χ3v) is 4.28. The third kappa shape index (κ3) is 2.61. The van der Waals surface area contributed by atoms with Gasteiger partial charge in [0, 0.05) is 17.6 Å². The van der Waals surface area contributed by atoms with Gasteiger partial charge < -0.3 is 10.4 Å². The van der Waals surface area contributed by atoms with Crippen molar-refractivity contribution in [2.45, 2.75) is 37.1 Å². The molecule has 19 heavy (non-hydrogen) atoms. The lowest BCUT2D eigenvalue weighted by molar-refractivity contribution is 0.468. The maximum atomic E-state index is 9.63. The van der Waals surface area contributed by atoms with E-state index in [1.807, 2.05) is 12.1 Å². The molecule has 100 valence electrons. The zero-order chi connectivity index (χ0) is 13.2. The second kappa shape index (κ2) is 5.25. The molecule has 1 aliphatic carbocycles. The van der Waals surface area contributed by atoms with E-state index in [1.165, 1.54) is 12.8 Å². The number of rotatable bonds is 2. The van der Waals surface area contributed by atoms with Gasteiger partial charge in [0.15, 0.2) is 0 Å². The Balaban J connectivity index is 1.93. The zero-order valence-electron chi connectivity index (χ0n) is 10.6. The fourth-order valence-electron chi connectivity index (χ4n) is 2.70. The number of aromatic hydroxyl groups is 1. The number of halogens is 1. The summed E-state index contributed by atoms with van der Waals surface area (Å²) in [5.41, 5.74) is 0. The minimum atomic E-state index is 0.156. The van der Waals surface area contributed by atoms with Gasteiger partial charge in [0.2, 0.25) is 0 Å². The highest BCUT2D eigenvalue weighted by atomic mass is 35.5. The minimum Gasteiger partial charge on any atom is -0.508 e. The monoisotopic (exact) mass is 276 g/mol. The van der Waals surface area contributed by atoms with Crippen LogP contribution in [0.25, 0.3) is 10.8 Å². The lowest BCUT2D eigenvalue weighted by Gasteiger charge is -2.28. The molecule has 0 spiro atoms. The van der Waals surface area contributed by atoms with Crippen LogP contribution in [-0.2, 0) is 0 Å². The van der Waals surface area contributed by atoms with Crippen LogP contribution >= 0.6 is 11.6 Å². The molecule has 1 fully saturated rings. The fourth-order valence-corrected chi connectivity index (χ4v) is 3.04. The van der Waals surface area contributed by atoms with Crippen LogP contribution in [0.1, 0.15) is 25.7 Å². The number of phenols is 1. The Labute approximate surface area is 117 Å². The number of phenolic OH excluding ortho intramolecular Hbond substituents is 1. The molecular formula is C15H17ClN2O. The van der Waals surface area contributed by atoms with Gasteiger partial charge in [-0.25, -0.2) is 4.98 Å². The van der Waals surface area contributed by atoms with E-state index in [2.05, 4.69) is 10.3 Å². The number of alkyl halides is 1. The Hall–Kier alpha value is -1.48. The number of nitrogens with zero attached hydrogens (tertiary/aromatic N) is 1. The molecule has 1 aliphatic rings. The SMILES string of the molecule is Oc1ccc2ccnc(NC3CCCCC3Cl)c2c1. The van der Waals surface area contributed by atoms with Gasteiger partial charge in [-0.05, 0) is 36.4 Å². The Morgan fingerprint density at radius 3 is 2.89 bits per heavy atom. The maximum absolute atomic E-state index is 9.63. The lowest BCUT2D eigenvalue weighted by atomic mass is 9.95. The summed E-state index contributed by atoms with van der Waals surface area (Å²) in [6.07, 6.45) is 6.32. The van der Waals surface area contributed by atoms with Crippen molar-refractivity contribution in [2.75, 3.05) is 5.32 Å². The van der Waals surface area contributed by atoms with E-state index in [0.29, 0.717) is 0 Å². The molecule has 1 heterocycles. The predicted molar refractivity (Wildman–Crippen MR) is 78.9 cm³/mol. The molecule has 2 N–H and O–H groups in total. The van der Waals surface area contributed by atoms with E-state index in [1.54, 1.807) is 18.3 Å². The van der Waals surface area contributed by atoms with Crippen LogP contribution in [0, 0.1) is 0 Å². The topological polar surface area (TPSA) is 45.2 Å². The molecule has 3 nitrogen and oxygen atoms in total. The molecule has 1 aromatic heterocycles. The normalized spacial score (nSPS) is 23.4. The van der Waals surface area contributed by atoms with Crippen molar-refractivity contribution in [3.63, 3.8) is 0 Å². The van der Waals surface area contributed by atoms with E-state index in [0.717, 1.165) is 29.4 Å². The summed E-state index contributed by atoms with van der Waals surface area (Å²) in [7, 11) is 0. The number of hydrogen-bond acceptors (Lipinski definition) is 3. The molecule has 1 aromatic carbocycles. The molecule has 0 amide bonds. The van der Waals surface area contributed by atoms with Crippen molar-refractivity contribution in [3.8, 4) is 5.75 Å². The molecule has 2 unspecified atom stereocenters. The van der Waals surface area contributed by atoms with E-state index in [-0.39, 0.29) is 17.2 Å². The summed E-state index contributed by atoms with van der Waals surface area (Å²) >= 11 is 6.38. The highest BCUT2D eigenvalue weighted by Crippen LogP contribution is 2.29. The van der Waals surface area contributed by atoms with Crippen molar-refractivity contribution in [1.82, 2.24) is 4.98 Å². The first-order valence-corrected chi connectivity index (χ1v) is 7.16. The Bertz CT molecular complexity index is 587. The van der Waals surface area contributed by atoms with Crippen molar-refractivity contribution >= 4 is 28.2 Å². The van der Waals surface area contributed by atoms with Gasteiger partial charge in [0.25, 0.3) is 0 Å². The molecule has 0 radical (unpaired) electrons. The standard InChI is InChI=1S/C15H17ClN2O/c16-13-3-1-2-4-14(13)18-15-12-9-11(19)6-5-10(12)7-8-17-15/h5-9,13-14,19H,1-4H2,(H,17,18). The summed E-state index contributed by atoms with van der Waals surface area (Å²) in [5, 5.41) is 15.2. The molecule has 3 rings (SSSR count). The average Bonchev–Trinajstić information content (AvgIpc) is 2.42. The molecule has 2 aromatic rings. The van der Waals surface area contributed by atoms with Crippen molar-refractivity contribution in [2.24, 2.45) is 0 Å². The van der Waals surface area contributed by atoms with Gasteiger partial charge in [-0.2, -0.15) is 0 Å². The molecule has 4 heteroatoms. The number of pyridine rings is 1. The van der Waals surface area contributed by atoms with Crippen LogP contribution in [0.5, 0.6) is 5.75 Å². The molecule has 2 atom stereocenters. The first-order valence-electron chi connectivity index (χ1n) is 6.72. The smallest absolute Gasteiger partial charge is 0.134 e. The molecular weight excluding hydrogens is 260 g/mol. The van der Waals surface area contributed by atoms with Crippen molar-refractivity contribution in [1.29, 1.82) is 0 Å². The highest BCUT2D eigenvalue weighted by molar-refractivity contribution is 6.21. The minimum absolute atomic E-state index is 0.156. The number of nitrogens with one attached hydrogen (secondary N) is 1. The van der Waals surface area contributed by atoms with Crippen LogP contribution < -0.4 is 5.32 Å². The lowest BCUT2D eigenvalue weighted by Crippen LogP contribution is -2.33. The first-order chi connectivity index (χ1) is 9.24. The van der Waals surface area contributed by atoms with Crippen LogP contribution in [0.3, 0.4) is 0 Å². The fraction of sp³-hybridized carbons (Fsp3) is 0.400. The Kier molecular flexibility index (Phi) is 3.47. The van der Waals surface area contributed by atoms with E-state index >= 15 is 0 Å². The van der Waals surface area contributed by atoms with E-state index in [9.17, 15) is 5.11 Å². The Morgan fingerprint density at radius 2 is 2.05 bits per heavy atom. The number of hydrogen-bond donors (Lipinski definition) is 2. The maximum Gasteiger partial charge on any atom is 0.134 e. The number of anilines is 1. The van der Waals surface area contributed by atoms with Gasteiger partial charge in [-0.1, -0.05) is 18.9 Å². The van der Waals surface area contributed by atoms with Crippen LogP contribution in [0.15, 0.2) is 30.5 Å². The van der Waals surface area contributed by atoms with Crippen LogP contribution in [0.4, 0.5) is 5.82 Å². The first kappa shape index (κ1) is 12.5. The van der Waals surface area contributed by atoms with Crippen molar-refractivity contribution in [3.05, 3.63) is 30.5 Å². The second-order valence-electron chi connectivity index (χ2n) is 5.12. The van der Waals surface area contributed by atoms with Gasteiger partial charge in [-0.3, -0.25) is 0 Å². The average molecular weight is 277 g/mol. The predicted octanol–water partition coefficient (Wildman–Crippen LogP) is 3.90. The quantitative estimate of drug-likeness (QED) is 0.818. The van der Waals surface area contributed by atoms with Gasteiger partial charge in [0.1, 0.15) is 11.6 Å². The number of aromatic nitrogens is 1. The van der Waals surface area contributed by atoms with Gasteiger partial charge in [-0.15, -0.1) is 11.6 Å². The third-order valence-electron chi connectivity index (χ3n) is 3.75. The van der Waals surface area contributed by atoms with Crippen LogP contribution in [0.2, 0.25) is 0 Å².